The van der Waals surface area contributed by atoms with Gasteiger partial charge in [-0.1, -0.05) is 0 Å². The van der Waals surface area contributed by atoms with Crippen LogP contribution in [-0.2, 0) is 14.2 Å². The first kappa shape index (κ1) is 5.03. The number of hydrogen-bond donors (Lipinski definition) is 0. The fraction of sp³-hybridized carbons (Fsp3) is 0.750. The highest BCUT2D eigenvalue weighted by molar-refractivity contribution is 4.34. The summed E-state index contributed by atoms with van der Waals surface area (Å²) in [7, 11) is 0. The Hall–Kier alpha value is -0.120. The first-order valence-corrected chi connectivity index (χ1v) is 2.13. The molecule has 3 heteroatoms. The van der Waals surface area contributed by atoms with Crippen LogP contribution in [0.4, 0.5) is 0 Å². The lowest BCUT2D eigenvalue weighted by molar-refractivity contribution is -0.0269. The highest BCUT2D eigenvalue weighted by atomic mass is 16.8. The van der Waals surface area contributed by atoms with Crippen molar-refractivity contribution >= 4 is 0 Å². The summed E-state index contributed by atoms with van der Waals surface area (Å²) in [6.45, 7) is 2.84. The molecule has 41 valence electrons. The van der Waals surface area contributed by atoms with Crippen LogP contribution in [0.5, 0.6) is 0 Å². The maximum atomic E-state index is 4.82. The molecule has 7 heavy (non-hydrogen) atoms. The Kier molecular flexibility index (Phi) is 2.12. The third-order valence-corrected chi connectivity index (χ3v) is 0.633. The van der Waals surface area contributed by atoms with Crippen LogP contribution in [0.2, 0.25) is 0 Å². The van der Waals surface area contributed by atoms with E-state index in [1.807, 2.05) is 0 Å². The molecule has 0 aliphatic carbocycles. The van der Waals surface area contributed by atoms with Gasteiger partial charge in [0.2, 0.25) is 6.79 Å². The molecule has 0 saturated carbocycles. The van der Waals surface area contributed by atoms with Crippen molar-refractivity contribution in [2.75, 3.05) is 20.0 Å². The second-order valence-electron chi connectivity index (χ2n) is 1.16. The Morgan fingerprint density at radius 2 is 2.14 bits per heavy atom. The van der Waals surface area contributed by atoms with Gasteiger partial charge in [-0.05, 0) is 0 Å². The van der Waals surface area contributed by atoms with E-state index in [0.717, 1.165) is 0 Å². The van der Waals surface area contributed by atoms with Crippen molar-refractivity contribution in [3.05, 3.63) is 6.79 Å². The average molecular weight is 103 g/mol. The Morgan fingerprint density at radius 3 is 3.14 bits per heavy atom. The van der Waals surface area contributed by atoms with Gasteiger partial charge < -0.3 is 14.2 Å². The van der Waals surface area contributed by atoms with Crippen molar-refractivity contribution in [2.45, 2.75) is 0 Å². The number of rotatable bonds is 0. The van der Waals surface area contributed by atoms with Crippen LogP contribution in [0.1, 0.15) is 0 Å². The van der Waals surface area contributed by atoms with E-state index in [1.54, 1.807) is 0 Å². The predicted octanol–water partition coefficient (Wildman–Crippen LogP) is 0.127. The van der Waals surface area contributed by atoms with Crippen LogP contribution in [-0.4, -0.2) is 20.0 Å². The van der Waals surface area contributed by atoms with Gasteiger partial charge in [0.1, 0.15) is 6.79 Å². The van der Waals surface area contributed by atoms with E-state index in [-0.39, 0.29) is 0 Å². The van der Waals surface area contributed by atoms with Crippen LogP contribution >= 0.6 is 0 Å². The Labute approximate surface area is 42.2 Å². The normalized spacial score (nSPS) is 24.0. The van der Waals surface area contributed by atoms with Gasteiger partial charge in [0, 0.05) is 0 Å². The van der Waals surface area contributed by atoms with E-state index in [2.05, 4.69) is 4.74 Å². The lowest BCUT2D eigenvalue weighted by atomic mass is 10.8. The lowest BCUT2D eigenvalue weighted by Gasteiger charge is -1.91. The quantitative estimate of drug-likeness (QED) is 0.436. The van der Waals surface area contributed by atoms with Gasteiger partial charge in [0.15, 0.2) is 0 Å². The molecule has 1 saturated heterocycles. The summed E-state index contributed by atoms with van der Waals surface area (Å²) >= 11 is 0. The molecule has 1 fully saturated rings. The number of hydrogen-bond acceptors (Lipinski definition) is 3. The zero-order chi connectivity index (χ0) is 4.95. The minimum atomic E-state index is 0.319. The summed E-state index contributed by atoms with van der Waals surface area (Å²) in [5.74, 6) is 0. The third kappa shape index (κ3) is 1.87. The monoisotopic (exact) mass is 103 g/mol. The predicted molar refractivity (Wildman–Crippen MR) is 22.2 cm³/mol. The molecular formula is C4H7O3. The van der Waals surface area contributed by atoms with Gasteiger partial charge in [0.05, 0.1) is 13.2 Å². The van der Waals surface area contributed by atoms with Gasteiger partial charge in [-0.25, -0.2) is 0 Å². The van der Waals surface area contributed by atoms with Gasteiger partial charge in [0.25, 0.3) is 0 Å². The van der Waals surface area contributed by atoms with Crippen LogP contribution in [0.25, 0.3) is 0 Å². The molecule has 0 unspecified atom stereocenters. The molecular weight excluding hydrogens is 96.0 g/mol. The SMILES string of the molecule is [CH]1OCCOCO1. The largest absolute Gasteiger partial charge is 0.353 e. The molecule has 3 nitrogen and oxygen atoms in total. The average Bonchev–Trinajstić information content (AvgIpc) is 1.90. The summed E-state index contributed by atoms with van der Waals surface area (Å²) in [6, 6.07) is 0. The molecule has 1 aliphatic heterocycles. The molecule has 1 radical (unpaired) electrons. The first-order chi connectivity index (χ1) is 3.50. The van der Waals surface area contributed by atoms with Gasteiger partial charge in [-0.15, -0.1) is 0 Å². The molecule has 1 heterocycles. The topological polar surface area (TPSA) is 27.7 Å². The highest BCUT2D eigenvalue weighted by Crippen LogP contribution is 1.91. The summed E-state index contributed by atoms with van der Waals surface area (Å²) < 4.78 is 14.2. The summed E-state index contributed by atoms with van der Waals surface area (Å²) in [5, 5.41) is 0. The second-order valence-corrected chi connectivity index (χ2v) is 1.16. The van der Waals surface area contributed by atoms with Crippen molar-refractivity contribution in [3.63, 3.8) is 0 Å². The summed E-state index contributed by atoms with van der Waals surface area (Å²) in [4.78, 5) is 0. The Balaban J connectivity index is 2.04. The summed E-state index contributed by atoms with van der Waals surface area (Å²) in [6.07, 6.45) is 0. The molecule has 0 N–H and O–H groups in total. The van der Waals surface area contributed by atoms with E-state index < -0.39 is 0 Å². The third-order valence-electron chi connectivity index (χ3n) is 0.633. The maximum absolute atomic E-state index is 4.82. The molecule has 0 aromatic heterocycles. The Morgan fingerprint density at radius 1 is 1.14 bits per heavy atom. The maximum Gasteiger partial charge on any atom is 0.211 e. The smallest absolute Gasteiger partial charge is 0.211 e. The van der Waals surface area contributed by atoms with Crippen LogP contribution in [0.15, 0.2) is 0 Å². The van der Waals surface area contributed by atoms with Crippen molar-refractivity contribution in [1.82, 2.24) is 0 Å². The van der Waals surface area contributed by atoms with Gasteiger partial charge in [-0.2, -0.15) is 0 Å². The highest BCUT2D eigenvalue weighted by Gasteiger charge is 1.95. The van der Waals surface area contributed by atoms with Gasteiger partial charge in [-0.3, -0.25) is 0 Å². The van der Waals surface area contributed by atoms with Crippen molar-refractivity contribution in [1.29, 1.82) is 0 Å². The molecule has 1 aliphatic rings. The minimum Gasteiger partial charge on any atom is -0.353 e. The minimum absolute atomic E-state index is 0.319. The molecule has 0 amide bonds. The molecule has 0 aromatic rings. The molecule has 0 spiro atoms. The van der Waals surface area contributed by atoms with E-state index >= 15 is 0 Å². The fourth-order valence-electron chi connectivity index (χ4n) is 0.338. The van der Waals surface area contributed by atoms with E-state index in [0.29, 0.717) is 20.0 Å². The fourth-order valence-corrected chi connectivity index (χ4v) is 0.338. The van der Waals surface area contributed by atoms with Crippen LogP contribution < -0.4 is 0 Å². The van der Waals surface area contributed by atoms with Crippen LogP contribution in [0.3, 0.4) is 0 Å². The summed E-state index contributed by atoms with van der Waals surface area (Å²) in [5.41, 5.74) is 0. The van der Waals surface area contributed by atoms with Crippen molar-refractivity contribution in [3.8, 4) is 0 Å². The number of ether oxygens (including phenoxy) is 3. The lowest BCUT2D eigenvalue weighted by Crippen LogP contribution is -1.96. The van der Waals surface area contributed by atoms with E-state index in [4.69, 9.17) is 9.47 Å². The standard InChI is InChI=1S/C4H7O3/c1-2-6-4-7-3-5-1/h3H,1-2,4H2. The molecule has 0 atom stereocenters. The first-order valence-electron chi connectivity index (χ1n) is 2.13. The van der Waals surface area contributed by atoms with Crippen molar-refractivity contribution in [2.24, 2.45) is 0 Å². The molecule has 1 rings (SSSR count). The van der Waals surface area contributed by atoms with Crippen molar-refractivity contribution < 1.29 is 14.2 Å². The molecule has 0 aromatic carbocycles. The van der Waals surface area contributed by atoms with E-state index in [1.165, 1.54) is 6.79 Å². The zero-order valence-electron chi connectivity index (χ0n) is 3.92. The Bertz CT molecular complexity index is 26.5. The van der Waals surface area contributed by atoms with Gasteiger partial charge >= 0.3 is 0 Å². The molecule has 0 bridgehead atoms. The second kappa shape index (κ2) is 2.96. The van der Waals surface area contributed by atoms with E-state index in [9.17, 15) is 0 Å². The van der Waals surface area contributed by atoms with Crippen LogP contribution in [0, 0.1) is 6.79 Å². The zero-order valence-corrected chi connectivity index (χ0v) is 3.92.